The maximum atomic E-state index is 10.9. The van der Waals surface area contributed by atoms with E-state index in [1.54, 1.807) is 0 Å². The Labute approximate surface area is 106 Å². The molecule has 0 saturated carbocycles. The summed E-state index contributed by atoms with van der Waals surface area (Å²) in [6, 6.07) is 0. The Balaban J connectivity index is 3.21. The van der Waals surface area contributed by atoms with E-state index in [9.17, 15) is 4.79 Å². The summed E-state index contributed by atoms with van der Waals surface area (Å²) >= 11 is 0. The highest BCUT2D eigenvalue weighted by atomic mass is 16.5. The SMILES string of the molecule is C=CC(=O)OC(C)CCCCCCCCCC. The largest absolute Gasteiger partial charge is 0.460 e. The van der Waals surface area contributed by atoms with Crippen LogP contribution in [0, 0.1) is 0 Å². The summed E-state index contributed by atoms with van der Waals surface area (Å²) in [5.74, 6) is -0.308. The van der Waals surface area contributed by atoms with Gasteiger partial charge < -0.3 is 4.74 Å². The Kier molecular flexibility index (Phi) is 11.1. The predicted octanol–water partition coefficient (Wildman–Crippen LogP) is 4.63. The number of carbonyl (C=O) groups is 1. The summed E-state index contributed by atoms with van der Waals surface area (Å²) in [5, 5.41) is 0. The first-order chi connectivity index (χ1) is 8.20. The number of esters is 1. The van der Waals surface area contributed by atoms with Crippen molar-refractivity contribution in [1.29, 1.82) is 0 Å². The fraction of sp³-hybridized carbons (Fsp3) is 0.800. The number of ether oxygens (including phenoxy) is 1. The van der Waals surface area contributed by atoms with Gasteiger partial charge in [-0.15, -0.1) is 0 Å². The van der Waals surface area contributed by atoms with Gasteiger partial charge in [0.25, 0.3) is 0 Å². The smallest absolute Gasteiger partial charge is 0.330 e. The molecule has 2 nitrogen and oxygen atoms in total. The number of carbonyl (C=O) groups excluding carboxylic acids is 1. The molecule has 0 aromatic rings. The topological polar surface area (TPSA) is 26.3 Å². The van der Waals surface area contributed by atoms with Crippen molar-refractivity contribution < 1.29 is 9.53 Å². The van der Waals surface area contributed by atoms with Crippen LogP contribution >= 0.6 is 0 Å². The molecule has 0 aliphatic heterocycles. The van der Waals surface area contributed by atoms with E-state index in [1.165, 1.54) is 51.0 Å². The molecule has 100 valence electrons. The summed E-state index contributed by atoms with van der Waals surface area (Å²) < 4.78 is 5.10. The van der Waals surface area contributed by atoms with E-state index < -0.39 is 0 Å². The van der Waals surface area contributed by atoms with Crippen LogP contribution in [0.25, 0.3) is 0 Å². The zero-order valence-electron chi connectivity index (χ0n) is 11.5. The van der Waals surface area contributed by atoms with E-state index in [0.29, 0.717) is 0 Å². The minimum absolute atomic E-state index is 0.0283. The summed E-state index contributed by atoms with van der Waals surface area (Å²) in [4.78, 5) is 10.9. The molecule has 0 saturated heterocycles. The third-order valence-corrected chi connectivity index (χ3v) is 2.95. The van der Waals surface area contributed by atoms with Gasteiger partial charge in [0.1, 0.15) is 0 Å². The molecule has 0 fully saturated rings. The van der Waals surface area contributed by atoms with Crippen molar-refractivity contribution in [3.8, 4) is 0 Å². The van der Waals surface area contributed by atoms with Gasteiger partial charge in [-0.2, -0.15) is 0 Å². The molecule has 0 aromatic heterocycles. The van der Waals surface area contributed by atoms with E-state index >= 15 is 0 Å². The van der Waals surface area contributed by atoms with Crippen molar-refractivity contribution in [2.24, 2.45) is 0 Å². The lowest BCUT2D eigenvalue weighted by Crippen LogP contribution is -2.12. The van der Waals surface area contributed by atoms with Gasteiger partial charge in [0.05, 0.1) is 6.10 Å². The van der Waals surface area contributed by atoms with Crippen molar-refractivity contribution in [2.45, 2.75) is 77.7 Å². The van der Waals surface area contributed by atoms with Crippen LogP contribution in [0.5, 0.6) is 0 Å². The molecule has 0 N–H and O–H groups in total. The molecule has 0 radical (unpaired) electrons. The van der Waals surface area contributed by atoms with Crippen LogP contribution in [0.3, 0.4) is 0 Å². The van der Waals surface area contributed by atoms with E-state index in [0.717, 1.165) is 12.8 Å². The molecule has 1 unspecified atom stereocenters. The molecule has 17 heavy (non-hydrogen) atoms. The van der Waals surface area contributed by atoms with Crippen LogP contribution in [0.15, 0.2) is 12.7 Å². The van der Waals surface area contributed by atoms with Crippen molar-refractivity contribution >= 4 is 5.97 Å². The number of unbranched alkanes of at least 4 members (excludes halogenated alkanes) is 7. The van der Waals surface area contributed by atoms with E-state index in [-0.39, 0.29) is 12.1 Å². The molecule has 2 heteroatoms. The van der Waals surface area contributed by atoms with Gasteiger partial charge in [-0.3, -0.25) is 0 Å². The Hall–Kier alpha value is -0.790. The van der Waals surface area contributed by atoms with Gasteiger partial charge in [-0.25, -0.2) is 4.79 Å². The van der Waals surface area contributed by atoms with Crippen molar-refractivity contribution in [1.82, 2.24) is 0 Å². The van der Waals surface area contributed by atoms with Crippen LogP contribution in [-0.2, 0) is 9.53 Å². The molecule has 0 heterocycles. The molecule has 0 aliphatic carbocycles. The van der Waals surface area contributed by atoms with Crippen molar-refractivity contribution in [2.75, 3.05) is 0 Å². The zero-order valence-corrected chi connectivity index (χ0v) is 11.5. The molecular weight excluding hydrogens is 212 g/mol. The molecule has 0 amide bonds. The lowest BCUT2D eigenvalue weighted by Gasteiger charge is -2.11. The van der Waals surface area contributed by atoms with Crippen molar-refractivity contribution in [3.63, 3.8) is 0 Å². The minimum Gasteiger partial charge on any atom is -0.460 e. The molecule has 0 rings (SSSR count). The van der Waals surface area contributed by atoms with Gasteiger partial charge in [0.2, 0.25) is 0 Å². The Bertz CT molecular complexity index is 199. The first-order valence-electron chi connectivity index (χ1n) is 7.03. The second kappa shape index (κ2) is 11.7. The second-order valence-electron chi connectivity index (χ2n) is 4.72. The lowest BCUT2D eigenvalue weighted by atomic mass is 10.1. The normalized spacial score (nSPS) is 12.1. The highest BCUT2D eigenvalue weighted by Crippen LogP contribution is 2.11. The zero-order chi connectivity index (χ0) is 12.9. The fourth-order valence-corrected chi connectivity index (χ4v) is 1.87. The average Bonchev–Trinajstić information content (AvgIpc) is 2.32. The quantitative estimate of drug-likeness (QED) is 0.299. The van der Waals surface area contributed by atoms with E-state index in [2.05, 4.69) is 13.5 Å². The Morgan fingerprint density at radius 2 is 1.65 bits per heavy atom. The minimum atomic E-state index is -0.308. The molecule has 0 aliphatic rings. The van der Waals surface area contributed by atoms with Gasteiger partial charge in [0, 0.05) is 6.08 Å². The average molecular weight is 240 g/mol. The summed E-state index contributed by atoms with van der Waals surface area (Å²) in [6.07, 6.45) is 12.7. The Morgan fingerprint density at radius 3 is 2.18 bits per heavy atom. The van der Waals surface area contributed by atoms with E-state index in [1.807, 2.05) is 6.92 Å². The first-order valence-corrected chi connectivity index (χ1v) is 7.03. The van der Waals surface area contributed by atoms with Crippen molar-refractivity contribution in [3.05, 3.63) is 12.7 Å². The van der Waals surface area contributed by atoms with Crippen LogP contribution in [0.4, 0.5) is 0 Å². The van der Waals surface area contributed by atoms with Gasteiger partial charge in [-0.05, 0) is 19.8 Å². The van der Waals surface area contributed by atoms with Gasteiger partial charge >= 0.3 is 5.97 Å². The molecule has 0 spiro atoms. The third kappa shape index (κ3) is 11.5. The van der Waals surface area contributed by atoms with Gasteiger partial charge in [-0.1, -0.05) is 58.4 Å². The first kappa shape index (κ1) is 16.2. The highest BCUT2D eigenvalue weighted by Gasteiger charge is 2.05. The molecule has 1 atom stereocenters. The lowest BCUT2D eigenvalue weighted by molar-refractivity contribution is -0.142. The Morgan fingerprint density at radius 1 is 1.12 bits per heavy atom. The standard InChI is InChI=1S/C15H28O2/c1-4-6-7-8-9-10-11-12-13-14(3)17-15(16)5-2/h5,14H,2,4,6-13H2,1,3H3. The van der Waals surface area contributed by atoms with Crippen LogP contribution in [-0.4, -0.2) is 12.1 Å². The van der Waals surface area contributed by atoms with Gasteiger partial charge in [0.15, 0.2) is 0 Å². The maximum Gasteiger partial charge on any atom is 0.330 e. The summed E-state index contributed by atoms with van der Waals surface area (Å²) in [5.41, 5.74) is 0. The second-order valence-corrected chi connectivity index (χ2v) is 4.72. The fourth-order valence-electron chi connectivity index (χ4n) is 1.87. The van der Waals surface area contributed by atoms with E-state index in [4.69, 9.17) is 4.74 Å². The van der Waals surface area contributed by atoms with Crippen LogP contribution < -0.4 is 0 Å². The van der Waals surface area contributed by atoms with Crippen LogP contribution in [0.1, 0.15) is 71.6 Å². The predicted molar refractivity (Wildman–Crippen MR) is 73.0 cm³/mol. The van der Waals surface area contributed by atoms with Crippen LogP contribution in [0.2, 0.25) is 0 Å². The monoisotopic (exact) mass is 240 g/mol. The number of rotatable bonds is 11. The summed E-state index contributed by atoms with van der Waals surface area (Å²) in [7, 11) is 0. The molecule has 0 aromatic carbocycles. The number of hydrogen-bond acceptors (Lipinski definition) is 2. The summed E-state index contributed by atoms with van der Waals surface area (Å²) in [6.45, 7) is 7.57. The molecule has 0 bridgehead atoms. The number of hydrogen-bond donors (Lipinski definition) is 0. The molecular formula is C15H28O2. The highest BCUT2D eigenvalue weighted by molar-refractivity contribution is 5.81. The maximum absolute atomic E-state index is 10.9. The third-order valence-electron chi connectivity index (χ3n) is 2.95.